The number of amides is 1. The molecule has 0 radical (unpaired) electrons. The molecule has 6 nitrogen and oxygen atoms in total. The van der Waals surface area contributed by atoms with Crippen molar-refractivity contribution in [2.75, 3.05) is 32.6 Å². The summed E-state index contributed by atoms with van der Waals surface area (Å²) < 4.78 is 5.18. The first-order chi connectivity index (χ1) is 11.1. The molecule has 1 aromatic heterocycles. The maximum atomic E-state index is 12.6. The number of rotatable bonds is 4. The van der Waals surface area contributed by atoms with Crippen LogP contribution < -0.4 is 15.8 Å². The minimum Gasteiger partial charge on any atom is -0.497 e. The van der Waals surface area contributed by atoms with Crippen LogP contribution >= 0.6 is 11.3 Å². The second-order valence-electron chi connectivity index (χ2n) is 5.54. The zero-order valence-electron chi connectivity index (χ0n) is 13.2. The first-order valence-corrected chi connectivity index (χ1v) is 8.32. The Morgan fingerprint density at radius 1 is 1.39 bits per heavy atom. The summed E-state index contributed by atoms with van der Waals surface area (Å²) in [5.74, 6) is 0.886. The normalized spacial score (nSPS) is 20.6. The summed E-state index contributed by atoms with van der Waals surface area (Å²) in [7, 11) is 3.43. The number of nitrogens with one attached hydrogen (secondary N) is 1. The smallest absolute Gasteiger partial charge is 0.273 e. The van der Waals surface area contributed by atoms with Crippen LogP contribution in [0.3, 0.4) is 0 Å². The van der Waals surface area contributed by atoms with Crippen LogP contribution in [0.4, 0.5) is 5.13 Å². The van der Waals surface area contributed by atoms with Gasteiger partial charge in [-0.1, -0.05) is 12.1 Å². The molecule has 0 bridgehead atoms. The molecule has 2 atom stereocenters. The fraction of sp³-hybridized carbons (Fsp3) is 0.375. The predicted molar refractivity (Wildman–Crippen MR) is 91.3 cm³/mol. The molecule has 3 N–H and O–H groups in total. The predicted octanol–water partition coefficient (Wildman–Crippen LogP) is 1.76. The minimum atomic E-state index is -0.0743. The Morgan fingerprint density at radius 3 is 2.74 bits per heavy atom. The van der Waals surface area contributed by atoms with Gasteiger partial charge in [0.05, 0.1) is 7.11 Å². The van der Waals surface area contributed by atoms with E-state index < -0.39 is 0 Å². The van der Waals surface area contributed by atoms with Crippen molar-refractivity contribution in [1.82, 2.24) is 9.88 Å². The lowest BCUT2D eigenvalue weighted by Crippen LogP contribution is -2.32. The van der Waals surface area contributed by atoms with Crippen molar-refractivity contribution in [3.05, 3.63) is 40.9 Å². The molecule has 23 heavy (non-hydrogen) atoms. The molecule has 0 saturated carbocycles. The van der Waals surface area contributed by atoms with Gasteiger partial charge in [-0.3, -0.25) is 4.79 Å². The van der Waals surface area contributed by atoms with Gasteiger partial charge in [-0.2, -0.15) is 0 Å². The Kier molecular flexibility index (Phi) is 4.49. The van der Waals surface area contributed by atoms with Crippen LogP contribution in [0.15, 0.2) is 29.6 Å². The number of aromatic nitrogens is 1. The average molecular weight is 332 g/mol. The van der Waals surface area contributed by atoms with E-state index in [2.05, 4.69) is 10.3 Å². The van der Waals surface area contributed by atoms with E-state index in [1.165, 1.54) is 11.3 Å². The lowest BCUT2D eigenvalue weighted by molar-refractivity contribution is 0.0784. The van der Waals surface area contributed by atoms with E-state index >= 15 is 0 Å². The quantitative estimate of drug-likeness (QED) is 0.892. The summed E-state index contributed by atoms with van der Waals surface area (Å²) >= 11 is 1.42. The highest BCUT2D eigenvalue weighted by molar-refractivity contribution is 7.13. The van der Waals surface area contributed by atoms with Crippen LogP contribution in [0.5, 0.6) is 5.75 Å². The van der Waals surface area contributed by atoms with Crippen molar-refractivity contribution in [2.45, 2.75) is 12.0 Å². The summed E-state index contributed by atoms with van der Waals surface area (Å²) in [6, 6.07) is 7.80. The van der Waals surface area contributed by atoms with Gasteiger partial charge in [-0.25, -0.2) is 4.98 Å². The van der Waals surface area contributed by atoms with Crippen LogP contribution in [0.1, 0.15) is 22.0 Å². The Morgan fingerprint density at radius 2 is 2.13 bits per heavy atom. The number of methoxy groups -OCH3 is 1. The van der Waals surface area contributed by atoms with Gasteiger partial charge in [0.2, 0.25) is 0 Å². The first kappa shape index (κ1) is 15.8. The molecular formula is C16H20N4O2S. The van der Waals surface area contributed by atoms with Gasteiger partial charge in [0.25, 0.3) is 5.91 Å². The van der Waals surface area contributed by atoms with Gasteiger partial charge in [0.1, 0.15) is 11.4 Å². The lowest BCUT2D eigenvalue weighted by atomic mass is 9.95. The molecule has 3 rings (SSSR count). The highest BCUT2D eigenvalue weighted by atomic mass is 32.1. The number of thiazole rings is 1. The van der Waals surface area contributed by atoms with Crippen molar-refractivity contribution in [2.24, 2.45) is 5.73 Å². The van der Waals surface area contributed by atoms with E-state index in [0.717, 1.165) is 16.4 Å². The standard InChI is InChI=1S/C16H20N4O2S/c1-18-16-19-14(9-23-16)15(21)20-7-12(13(17)8-20)10-3-5-11(22-2)6-4-10/h3-6,9,12-13H,7-8,17H2,1-2H3,(H,18,19). The Hall–Kier alpha value is -2.12. The molecule has 1 amide bonds. The fourth-order valence-electron chi connectivity index (χ4n) is 2.85. The number of benzene rings is 1. The third kappa shape index (κ3) is 3.16. The summed E-state index contributed by atoms with van der Waals surface area (Å²) in [5.41, 5.74) is 7.87. The van der Waals surface area contributed by atoms with Gasteiger partial charge < -0.3 is 20.7 Å². The first-order valence-electron chi connectivity index (χ1n) is 7.44. The fourth-order valence-corrected chi connectivity index (χ4v) is 3.49. The van der Waals surface area contributed by atoms with Crippen molar-refractivity contribution in [3.8, 4) is 5.75 Å². The average Bonchev–Trinajstić information content (AvgIpc) is 3.21. The van der Waals surface area contributed by atoms with E-state index in [4.69, 9.17) is 10.5 Å². The van der Waals surface area contributed by atoms with Gasteiger partial charge in [0.15, 0.2) is 5.13 Å². The molecular weight excluding hydrogens is 312 g/mol. The van der Waals surface area contributed by atoms with E-state index in [-0.39, 0.29) is 17.9 Å². The number of ether oxygens (including phenoxy) is 1. The molecule has 1 fully saturated rings. The molecule has 1 aliphatic rings. The number of carbonyl (C=O) groups excluding carboxylic acids is 1. The van der Waals surface area contributed by atoms with E-state index in [9.17, 15) is 4.79 Å². The Labute approximate surface area is 139 Å². The molecule has 7 heteroatoms. The van der Waals surface area contributed by atoms with Crippen molar-refractivity contribution in [1.29, 1.82) is 0 Å². The van der Waals surface area contributed by atoms with Crippen LogP contribution in [0.2, 0.25) is 0 Å². The van der Waals surface area contributed by atoms with Crippen LogP contribution in [0, 0.1) is 0 Å². The third-order valence-corrected chi connectivity index (χ3v) is 4.99. The number of likely N-dealkylation sites (tertiary alicyclic amines) is 1. The minimum absolute atomic E-state index is 0.0609. The lowest BCUT2D eigenvalue weighted by Gasteiger charge is -2.15. The summed E-state index contributed by atoms with van der Waals surface area (Å²) in [5, 5.41) is 5.46. The highest BCUT2D eigenvalue weighted by Crippen LogP contribution is 2.29. The number of nitrogens with zero attached hydrogens (tertiary/aromatic N) is 2. The van der Waals surface area contributed by atoms with E-state index in [0.29, 0.717) is 18.8 Å². The molecule has 122 valence electrons. The second kappa shape index (κ2) is 6.55. The molecule has 2 unspecified atom stereocenters. The largest absolute Gasteiger partial charge is 0.497 e. The molecule has 2 heterocycles. The number of carbonyl (C=O) groups is 1. The Bertz CT molecular complexity index is 686. The SMILES string of the molecule is CNc1nc(C(=O)N2CC(N)C(c3ccc(OC)cc3)C2)cs1. The highest BCUT2D eigenvalue weighted by Gasteiger charge is 2.35. The van der Waals surface area contributed by atoms with Gasteiger partial charge in [-0.05, 0) is 17.7 Å². The second-order valence-corrected chi connectivity index (χ2v) is 6.40. The summed E-state index contributed by atoms with van der Waals surface area (Å²) in [6.07, 6.45) is 0. The van der Waals surface area contributed by atoms with Crippen LogP contribution in [-0.2, 0) is 0 Å². The summed E-state index contributed by atoms with van der Waals surface area (Å²) in [6.45, 7) is 1.15. The maximum Gasteiger partial charge on any atom is 0.273 e. The molecule has 1 aliphatic heterocycles. The Balaban J connectivity index is 1.73. The number of hydrogen-bond acceptors (Lipinski definition) is 6. The zero-order valence-corrected chi connectivity index (χ0v) is 14.0. The number of anilines is 1. The van der Waals surface area contributed by atoms with Crippen LogP contribution in [0.25, 0.3) is 0 Å². The van der Waals surface area contributed by atoms with E-state index in [1.54, 1.807) is 24.4 Å². The maximum absolute atomic E-state index is 12.6. The number of hydrogen-bond donors (Lipinski definition) is 2. The van der Waals surface area contributed by atoms with Crippen LogP contribution in [-0.4, -0.2) is 49.1 Å². The van der Waals surface area contributed by atoms with Gasteiger partial charge in [0, 0.05) is 37.5 Å². The van der Waals surface area contributed by atoms with E-state index in [1.807, 2.05) is 24.3 Å². The molecule has 1 saturated heterocycles. The van der Waals surface area contributed by atoms with Crippen molar-refractivity contribution in [3.63, 3.8) is 0 Å². The molecule has 1 aromatic carbocycles. The van der Waals surface area contributed by atoms with Gasteiger partial charge >= 0.3 is 0 Å². The van der Waals surface area contributed by atoms with Crippen molar-refractivity contribution < 1.29 is 9.53 Å². The third-order valence-electron chi connectivity index (χ3n) is 4.13. The summed E-state index contributed by atoms with van der Waals surface area (Å²) in [4.78, 5) is 18.6. The molecule has 0 spiro atoms. The molecule has 0 aliphatic carbocycles. The zero-order chi connectivity index (χ0) is 16.4. The molecule has 2 aromatic rings. The van der Waals surface area contributed by atoms with Crippen molar-refractivity contribution >= 4 is 22.4 Å². The number of nitrogens with two attached hydrogens (primary N) is 1. The van der Waals surface area contributed by atoms with Gasteiger partial charge in [-0.15, -0.1) is 11.3 Å². The monoisotopic (exact) mass is 332 g/mol. The topological polar surface area (TPSA) is 80.5 Å².